The van der Waals surface area contributed by atoms with E-state index in [4.69, 9.17) is 9.47 Å². The van der Waals surface area contributed by atoms with E-state index in [1.54, 1.807) is 24.3 Å². The van der Waals surface area contributed by atoms with Crippen molar-refractivity contribution in [3.63, 3.8) is 0 Å². The van der Waals surface area contributed by atoms with Gasteiger partial charge in [-0.1, -0.05) is 45.2 Å². The third-order valence-electron chi connectivity index (χ3n) is 2.99. The second kappa shape index (κ2) is 9.97. The van der Waals surface area contributed by atoms with Crippen molar-refractivity contribution >= 4 is 11.9 Å². The van der Waals surface area contributed by atoms with E-state index in [1.807, 2.05) is 6.92 Å². The first kappa shape index (κ1) is 17.2. The number of rotatable bonds is 9. The highest BCUT2D eigenvalue weighted by molar-refractivity contribution is 5.76. The molecule has 0 aromatic heterocycles. The molecule has 0 aliphatic rings. The monoisotopic (exact) mass is 292 g/mol. The van der Waals surface area contributed by atoms with E-state index in [2.05, 4.69) is 6.92 Å². The number of esters is 2. The van der Waals surface area contributed by atoms with E-state index in [9.17, 15) is 9.59 Å². The van der Waals surface area contributed by atoms with Gasteiger partial charge < -0.3 is 9.47 Å². The SMILES string of the molecule is CCCCCCC(=O)Oc1ccccc1OC(=O)CCC. The zero-order chi connectivity index (χ0) is 15.5. The lowest BCUT2D eigenvalue weighted by Gasteiger charge is -2.10. The fourth-order valence-corrected chi connectivity index (χ4v) is 1.87. The summed E-state index contributed by atoms with van der Waals surface area (Å²) in [5.74, 6) is 0.00865. The summed E-state index contributed by atoms with van der Waals surface area (Å²) < 4.78 is 10.5. The molecule has 0 radical (unpaired) electrons. The number of carbonyl (C=O) groups excluding carboxylic acids is 2. The van der Waals surface area contributed by atoms with E-state index in [-0.39, 0.29) is 11.9 Å². The first-order valence-corrected chi connectivity index (χ1v) is 7.67. The molecule has 1 aromatic rings. The summed E-state index contributed by atoms with van der Waals surface area (Å²) in [4.78, 5) is 23.3. The molecule has 0 saturated carbocycles. The zero-order valence-electron chi connectivity index (χ0n) is 12.9. The van der Waals surface area contributed by atoms with Crippen LogP contribution in [0.3, 0.4) is 0 Å². The lowest BCUT2D eigenvalue weighted by atomic mass is 10.1. The van der Waals surface area contributed by atoms with Crippen molar-refractivity contribution in [2.45, 2.75) is 58.8 Å². The summed E-state index contributed by atoms with van der Waals surface area (Å²) in [5.41, 5.74) is 0. The van der Waals surface area contributed by atoms with Gasteiger partial charge in [-0.15, -0.1) is 0 Å². The Kier molecular flexibility index (Phi) is 8.17. The molecule has 0 heterocycles. The van der Waals surface area contributed by atoms with Crippen LogP contribution in [0.15, 0.2) is 24.3 Å². The lowest BCUT2D eigenvalue weighted by Crippen LogP contribution is -2.11. The number of para-hydroxylation sites is 2. The van der Waals surface area contributed by atoms with Crippen LogP contribution in [0.4, 0.5) is 0 Å². The van der Waals surface area contributed by atoms with Crippen LogP contribution < -0.4 is 9.47 Å². The standard InChI is InChI=1S/C17H24O4/c1-3-5-6-7-13-17(19)21-15-12-9-8-11-14(15)20-16(18)10-4-2/h8-9,11-12H,3-7,10,13H2,1-2H3. The van der Waals surface area contributed by atoms with Crippen LogP contribution in [0.5, 0.6) is 11.5 Å². The maximum absolute atomic E-state index is 11.8. The topological polar surface area (TPSA) is 52.6 Å². The van der Waals surface area contributed by atoms with Crippen LogP contribution in [-0.4, -0.2) is 11.9 Å². The smallest absolute Gasteiger partial charge is 0.311 e. The average molecular weight is 292 g/mol. The number of ether oxygens (including phenoxy) is 2. The molecule has 0 fully saturated rings. The van der Waals surface area contributed by atoms with E-state index >= 15 is 0 Å². The highest BCUT2D eigenvalue weighted by Gasteiger charge is 2.12. The molecule has 0 spiro atoms. The predicted octanol–water partition coefficient (Wildman–Crippen LogP) is 4.27. The third kappa shape index (κ3) is 6.93. The Labute approximate surface area is 126 Å². The Balaban J connectivity index is 2.54. The van der Waals surface area contributed by atoms with E-state index in [0.717, 1.165) is 32.1 Å². The molecule has 0 aliphatic heterocycles. The molecule has 4 nitrogen and oxygen atoms in total. The van der Waals surface area contributed by atoms with Gasteiger partial charge in [0.05, 0.1) is 0 Å². The molecule has 1 aromatic carbocycles. The minimum Gasteiger partial charge on any atom is -0.423 e. The molecule has 0 bridgehead atoms. The van der Waals surface area contributed by atoms with Gasteiger partial charge >= 0.3 is 11.9 Å². The molecule has 116 valence electrons. The van der Waals surface area contributed by atoms with Crippen LogP contribution in [-0.2, 0) is 9.59 Å². The minimum atomic E-state index is -0.316. The van der Waals surface area contributed by atoms with Gasteiger partial charge in [0.15, 0.2) is 11.5 Å². The summed E-state index contributed by atoms with van der Waals surface area (Å²) in [5, 5.41) is 0. The summed E-state index contributed by atoms with van der Waals surface area (Å²) in [6.07, 6.45) is 5.56. The number of benzene rings is 1. The first-order chi connectivity index (χ1) is 10.2. The van der Waals surface area contributed by atoms with Gasteiger partial charge in [-0.25, -0.2) is 0 Å². The molecule has 21 heavy (non-hydrogen) atoms. The number of unbranched alkanes of at least 4 members (excludes halogenated alkanes) is 3. The Morgan fingerprint density at radius 1 is 0.810 bits per heavy atom. The average Bonchev–Trinajstić information content (AvgIpc) is 2.46. The molecule has 0 unspecified atom stereocenters. The molecule has 0 amide bonds. The summed E-state index contributed by atoms with van der Waals surface area (Å²) >= 11 is 0. The van der Waals surface area contributed by atoms with Crippen molar-refractivity contribution in [2.75, 3.05) is 0 Å². The molecule has 0 saturated heterocycles. The van der Waals surface area contributed by atoms with E-state index in [0.29, 0.717) is 24.3 Å². The van der Waals surface area contributed by atoms with Gasteiger partial charge in [0.1, 0.15) is 0 Å². The summed E-state index contributed by atoms with van der Waals surface area (Å²) in [6.45, 7) is 4.03. The Morgan fingerprint density at radius 2 is 1.38 bits per heavy atom. The fraction of sp³-hybridized carbons (Fsp3) is 0.529. The maximum Gasteiger partial charge on any atom is 0.311 e. The second-order valence-corrected chi connectivity index (χ2v) is 4.96. The minimum absolute atomic E-state index is 0.287. The quantitative estimate of drug-likeness (QED) is 0.387. The van der Waals surface area contributed by atoms with Gasteiger partial charge in [-0.3, -0.25) is 9.59 Å². The zero-order valence-corrected chi connectivity index (χ0v) is 12.9. The van der Waals surface area contributed by atoms with Crippen LogP contribution in [0.1, 0.15) is 58.8 Å². The van der Waals surface area contributed by atoms with E-state index < -0.39 is 0 Å². The van der Waals surface area contributed by atoms with Gasteiger partial charge in [0, 0.05) is 12.8 Å². The van der Waals surface area contributed by atoms with E-state index in [1.165, 1.54) is 0 Å². The first-order valence-electron chi connectivity index (χ1n) is 7.67. The van der Waals surface area contributed by atoms with Gasteiger partial charge in [-0.05, 0) is 25.0 Å². The second-order valence-electron chi connectivity index (χ2n) is 4.96. The Hall–Kier alpha value is -1.84. The number of hydrogen-bond donors (Lipinski definition) is 0. The summed E-state index contributed by atoms with van der Waals surface area (Å²) in [7, 11) is 0. The molecular formula is C17H24O4. The third-order valence-corrected chi connectivity index (χ3v) is 2.99. The van der Waals surface area contributed by atoms with Crippen molar-refractivity contribution in [1.29, 1.82) is 0 Å². The maximum atomic E-state index is 11.8. The van der Waals surface area contributed by atoms with Crippen LogP contribution in [0.2, 0.25) is 0 Å². The number of hydrogen-bond acceptors (Lipinski definition) is 4. The fourth-order valence-electron chi connectivity index (χ4n) is 1.87. The Morgan fingerprint density at radius 3 is 1.90 bits per heavy atom. The van der Waals surface area contributed by atoms with Crippen molar-refractivity contribution < 1.29 is 19.1 Å². The van der Waals surface area contributed by atoms with Gasteiger partial charge in [-0.2, -0.15) is 0 Å². The van der Waals surface area contributed by atoms with Gasteiger partial charge in [0.25, 0.3) is 0 Å². The molecule has 0 atom stereocenters. The number of carbonyl (C=O) groups is 2. The van der Waals surface area contributed by atoms with Crippen molar-refractivity contribution in [3.05, 3.63) is 24.3 Å². The van der Waals surface area contributed by atoms with Crippen molar-refractivity contribution in [2.24, 2.45) is 0 Å². The molecular weight excluding hydrogens is 268 g/mol. The lowest BCUT2D eigenvalue weighted by molar-refractivity contribution is -0.137. The molecule has 4 heteroatoms. The van der Waals surface area contributed by atoms with Crippen molar-refractivity contribution in [3.8, 4) is 11.5 Å². The highest BCUT2D eigenvalue weighted by Crippen LogP contribution is 2.27. The highest BCUT2D eigenvalue weighted by atomic mass is 16.6. The predicted molar refractivity (Wildman–Crippen MR) is 81.4 cm³/mol. The summed E-state index contributed by atoms with van der Waals surface area (Å²) in [6, 6.07) is 6.76. The van der Waals surface area contributed by atoms with Gasteiger partial charge in [0.2, 0.25) is 0 Å². The largest absolute Gasteiger partial charge is 0.423 e. The molecule has 1 rings (SSSR count). The Bertz CT molecular complexity index is 454. The van der Waals surface area contributed by atoms with Crippen molar-refractivity contribution in [1.82, 2.24) is 0 Å². The van der Waals surface area contributed by atoms with Crippen LogP contribution in [0, 0.1) is 0 Å². The molecule has 0 aliphatic carbocycles. The van der Waals surface area contributed by atoms with Crippen LogP contribution >= 0.6 is 0 Å². The van der Waals surface area contributed by atoms with Crippen LogP contribution in [0.25, 0.3) is 0 Å². The normalized spacial score (nSPS) is 10.2. The molecule has 0 N–H and O–H groups in total.